The van der Waals surface area contributed by atoms with Crippen molar-refractivity contribution in [3.8, 4) is 11.5 Å². The van der Waals surface area contributed by atoms with E-state index in [-0.39, 0.29) is 10.1 Å². The maximum Gasteiger partial charge on any atom is 0.250 e. The van der Waals surface area contributed by atoms with Crippen LogP contribution < -0.4 is 19.5 Å². The number of nitrogens with one attached hydrogen (secondary N) is 2. The van der Waals surface area contributed by atoms with Crippen LogP contribution in [-0.4, -0.2) is 34.6 Å². The van der Waals surface area contributed by atoms with Gasteiger partial charge in [-0.2, -0.15) is 4.72 Å². The molecule has 0 saturated heterocycles. The summed E-state index contributed by atoms with van der Waals surface area (Å²) in [5.74, 6) is 0.276. The van der Waals surface area contributed by atoms with Crippen LogP contribution >= 0.6 is 11.3 Å². The van der Waals surface area contributed by atoms with Gasteiger partial charge < -0.3 is 14.8 Å². The second-order valence-corrected chi connectivity index (χ2v) is 8.72. The quantitative estimate of drug-likeness (QED) is 0.713. The summed E-state index contributed by atoms with van der Waals surface area (Å²) in [7, 11) is -0.763. The molecule has 0 spiro atoms. The van der Waals surface area contributed by atoms with Crippen molar-refractivity contribution in [2.45, 2.75) is 24.1 Å². The van der Waals surface area contributed by atoms with Gasteiger partial charge in [-0.3, -0.25) is 4.79 Å². The molecule has 1 amide bonds. The number of sulfonamides is 1. The van der Waals surface area contributed by atoms with Crippen molar-refractivity contribution in [3.63, 3.8) is 0 Å². The number of hydrogen-bond acceptors (Lipinski definition) is 6. The Bertz CT molecular complexity index is 848. The zero-order chi connectivity index (χ0) is 19.3. The molecule has 1 atom stereocenters. The zero-order valence-electron chi connectivity index (χ0n) is 15.0. The number of benzene rings is 1. The fraction of sp³-hybridized carbons (Fsp3) is 0.353. The van der Waals surface area contributed by atoms with E-state index in [4.69, 9.17) is 9.47 Å². The molecular weight excluding hydrogens is 376 g/mol. The standard InChI is InChI=1S/C17H22N2O5S2/c1-11(2)16(19-26(21,22)15-6-5-9-25-15)17(20)18-13-8-7-12(23-3)10-14(13)24-4/h5-11,16,19H,1-4H3,(H,18,20)/t16-/m1/s1. The van der Waals surface area contributed by atoms with Crippen LogP contribution in [0.25, 0.3) is 0 Å². The number of anilines is 1. The average Bonchev–Trinajstić information content (AvgIpc) is 3.15. The van der Waals surface area contributed by atoms with Crippen molar-refractivity contribution in [2.75, 3.05) is 19.5 Å². The fourth-order valence-corrected chi connectivity index (χ4v) is 4.60. The Morgan fingerprint density at radius 1 is 1.15 bits per heavy atom. The van der Waals surface area contributed by atoms with Gasteiger partial charge in [0.25, 0.3) is 10.0 Å². The van der Waals surface area contributed by atoms with Crippen molar-refractivity contribution in [2.24, 2.45) is 5.92 Å². The predicted molar refractivity (Wildman–Crippen MR) is 101 cm³/mol. The van der Waals surface area contributed by atoms with Crippen LogP contribution in [0.3, 0.4) is 0 Å². The molecule has 0 unspecified atom stereocenters. The Balaban J connectivity index is 2.22. The van der Waals surface area contributed by atoms with Gasteiger partial charge in [0, 0.05) is 6.07 Å². The summed E-state index contributed by atoms with van der Waals surface area (Å²) in [5.41, 5.74) is 0.430. The van der Waals surface area contributed by atoms with Crippen molar-refractivity contribution < 1.29 is 22.7 Å². The topological polar surface area (TPSA) is 93.7 Å². The summed E-state index contributed by atoms with van der Waals surface area (Å²) in [6, 6.07) is 7.16. The molecule has 9 heteroatoms. The van der Waals surface area contributed by atoms with Crippen molar-refractivity contribution in [1.29, 1.82) is 0 Å². The molecule has 2 N–H and O–H groups in total. The summed E-state index contributed by atoms with van der Waals surface area (Å²) in [6.07, 6.45) is 0. The van der Waals surface area contributed by atoms with E-state index >= 15 is 0 Å². The molecule has 1 heterocycles. The Kier molecular flexibility index (Phi) is 6.63. The number of hydrogen-bond donors (Lipinski definition) is 2. The van der Waals surface area contributed by atoms with E-state index in [1.165, 1.54) is 20.3 Å². The molecular formula is C17H22N2O5S2. The van der Waals surface area contributed by atoms with Gasteiger partial charge in [-0.15, -0.1) is 11.3 Å². The van der Waals surface area contributed by atoms with Crippen molar-refractivity contribution in [3.05, 3.63) is 35.7 Å². The number of thiophene rings is 1. The van der Waals surface area contributed by atoms with Crippen molar-refractivity contribution in [1.82, 2.24) is 4.72 Å². The second-order valence-electron chi connectivity index (χ2n) is 5.83. The number of carbonyl (C=O) groups excluding carboxylic acids is 1. The maximum atomic E-state index is 12.7. The van der Waals surface area contributed by atoms with Gasteiger partial charge in [-0.1, -0.05) is 19.9 Å². The first-order chi connectivity index (χ1) is 12.3. The van der Waals surface area contributed by atoms with Crippen LogP contribution in [-0.2, 0) is 14.8 Å². The largest absolute Gasteiger partial charge is 0.497 e. The molecule has 142 valence electrons. The van der Waals surface area contributed by atoms with E-state index in [1.54, 1.807) is 43.5 Å². The van der Waals surface area contributed by atoms with Crippen LogP contribution in [0.5, 0.6) is 11.5 Å². The summed E-state index contributed by atoms with van der Waals surface area (Å²) in [4.78, 5) is 12.7. The summed E-state index contributed by atoms with van der Waals surface area (Å²) in [6.45, 7) is 3.54. The zero-order valence-corrected chi connectivity index (χ0v) is 16.6. The van der Waals surface area contributed by atoms with Gasteiger partial charge in [-0.05, 0) is 29.5 Å². The fourth-order valence-electron chi connectivity index (χ4n) is 2.25. The first-order valence-electron chi connectivity index (χ1n) is 7.87. The van der Waals surface area contributed by atoms with E-state index in [9.17, 15) is 13.2 Å². The molecule has 0 aliphatic carbocycles. The SMILES string of the molecule is COc1ccc(NC(=O)[C@H](NS(=O)(=O)c2cccs2)C(C)C)c(OC)c1. The number of carbonyl (C=O) groups is 1. The maximum absolute atomic E-state index is 12.7. The molecule has 0 fully saturated rings. The number of ether oxygens (including phenoxy) is 2. The normalized spacial score (nSPS) is 12.7. The van der Waals surface area contributed by atoms with Crippen LogP contribution in [0, 0.1) is 5.92 Å². The highest BCUT2D eigenvalue weighted by Crippen LogP contribution is 2.29. The lowest BCUT2D eigenvalue weighted by molar-refractivity contribution is -0.118. The molecule has 1 aromatic heterocycles. The highest BCUT2D eigenvalue weighted by molar-refractivity contribution is 7.91. The van der Waals surface area contributed by atoms with Gasteiger partial charge in [0.15, 0.2) is 0 Å². The minimum Gasteiger partial charge on any atom is -0.497 e. The Morgan fingerprint density at radius 3 is 2.42 bits per heavy atom. The Morgan fingerprint density at radius 2 is 1.88 bits per heavy atom. The number of rotatable bonds is 8. The van der Waals surface area contributed by atoms with Gasteiger partial charge in [-0.25, -0.2) is 8.42 Å². The highest BCUT2D eigenvalue weighted by Gasteiger charge is 2.29. The molecule has 1 aromatic carbocycles. The molecule has 0 aliphatic heterocycles. The summed E-state index contributed by atoms with van der Waals surface area (Å²) >= 11 is 1.09. The van der Waals surface area contributed by atoms with Crippen LogP contribution in [0.1, 0.15) is 13.8 Å². The van der Waals surface area contributed by atoms with Gasteiger partial charge in [0.1, 0.15) is 21.8 Å². The van der Waals surface area contributed by atoms with Gasteiger partial charge >= 0.3 is 0 Å². The van der Waals surface area contributed by atoms with Crippen molar-refractivity contribution >= 4 is 33.0 Å². The first kappa shape index (κ1) is 20.2. The molecule has 26 heavy (non-hydrogen) atoms. The molecule has 0 saturated carbocycles. The monoisotopic (exact) mass is 398 g/mol. The number of methoxy groups -OCH3 is 2. The van der Waals surface area contributed by atoms with E-state index in [0.29, 0.717) is 17.2 Å². The molecule has 0 bridgehead atoms. The predicted octanol–water partition coefficient (Wildman–Crippen LogP) is 2.71. The summed E-state index contributed by atoms with van der Waals surface area (Å²) < 4.78 is 37.9. The average molecular weight is 399 g/mol. The van der Waals surface area contributed by atoms with Gasteiger partial charge in [0.05, 0.1) is 19.9 Å². The van der Waals surface area contributed by atoms with E-state index in [2.05, 4.69) is 10.0 Å². The highest BCUT2D eigenvalue weighted by atomic mass is 32.2. The van der Waals surface area contributed by atoms with E-state index in [1.807, 2.05) is 0 Å². The molecule has 0 aliphatic rings. The Hall–Kier alpha value is -2.10. The van der Waals surface area contributed by atoms with E-state index in [0.717, 1.165) is 11.3 Å². The van der Waals surface area contributed by atoms with Crippen LogP contribution in [0.4, 0.5) is 5.69 Å². The minimum atomic E-state index is -3.77. The molecule has 7 nitrogen and oxygen atoms in total. The third kappa shape index (κ3) is 4.75. The first-order valence-corrected chi connectivity index (χ1v) is 10.2. The number of amides is 1. The second kappa shape index (κ2) is 8.52. The lowest BCUT2D eigenvalue weighted by atomic mass is 10.0. The summed E-state index contributed by atoms with van der Waals surface area (Å²) in [5, 5.41) is 4.39. The van der Waals surface area contributed by atoms with Gasteiger partial charge in [0.2, 0.25) is 5.91 Å². The smallest absolute Gasteiger partial charge is 0.250 e. The van der Waals surface area contributed by atoms with Crippen LogP contribution in [0.15, 0.2) is 39.9 Å². The minimum absolute atomic E-state index is 0.165. The third-order valence-electron chi connectivity index (χ3n) is 3.66. The lowest BCUT2D eigenvalue weighted by Crippen LogP contribution is -2.46. The van der Waals surface area contributed by atoms with Crippen LogP contribution in [0.2, 0.25) is 0 Å². The lowest BCUT2D eigenvalue weighted by Gasteiger charge is -2.22. The Labute approximate surface area is 157 Å². The third-order valence-corrected chi connectivity index (χ3v) is 6.50. The molecule has 0 radical (unpaired) electrons. The molecule has 2 rings (SSSR count). The molecule has 2 aromatic rings. The van der Waals surface area contributed by atoms with E-state index < -0.39 is 22.0 Å².